The average molecular weight is 259 g/mol. The summed E-state index contributed by atoms with van der Waals surface area (Å²) in [6.45, 7) is 5.83. The smallest absolute Gasteiger partial charge is 0.323 e. The summed E-state index contributed by atoms with van der Waals surface area (Å²) in [6, 6.07) is -1.16. The highest BCUT2D eigenvalue weighted by molar-refractivity contribution is 5.73. The number of hydrogen-bond acceptors (Lipinski definition) is 5. The predicted molar refractivity (Wildman–Crippen MR) is 70.7 cm³/mol. The molecule has 1 aliphatic rings. The Morgan fingerprint density at radius 2 is 2.11 bits per heavy atom. The van der Waals surface area contributed by atoms with Gasteiger partial charge in [0.25, 0.3) is 0 Å². The SMILES string of the molecule is CCCCN1C=CN(C)C1.C[C@@H](O)[C@H](N)C(=O)O. The number of aliphatic hydroxyl groups excluding tert-OH is 1. The monoisotopic (exact) mass is 259 g/mol. The van der Waals surface area contributed by atoms with Crippen LogP contribution in [0.4, 0.5) is 0 Å². The van der Waals surface area contributed by atoms with E-state index in [4.69, 9.17) is 15.9 Å². The Balaban J connectivity index is 0.000000331. The largest absolute Gasteiger partial charge is 0.480 e. The molecule has 0 radical (unpaired) electrons. The van der Waals surface area contributed by atoms with Gasteiger partial charge in [-0.1, -0.05) is 13.3 Å². The maximum atomic E-state index is 9.86. The van der Waals surface area contributed by atoms with Crippen molar-refractivity contribution in [3.63, 3.8) is 0 Å². The number of nitrogens with two attached hydrogens (primary N) is 1. The first kappa shape index (κ1) is 16.7. The van der Waals surface area contributed by atoms with Crippen LogP contribution >= 0.6 is 0 Å². The van der Waals surface area contributed by atoms with E-state index < -0.39 is 18.1 Å². The Bertz CT molecular complexity index is 269. The Morgan fingerprint density at radius 3 is 2.39 bits per heavy atom. The molecule has 2 atom stereocenters. The Morgan fingerprint density at radius 1 is 1.50 bits per heavy atom. The third-order valence-corrected chi connectivity index (χ3v) is 2.54. The Hall–Kier alpha value is -1.27. The number of aliphatic hydroxyl groups is 1. The molecule has 6 heteroatoms. The van der Waals surface area contributed by atoms with Crippen LogP contribution < -0.4 is 5.73 Å². The molecular formula is C12H25N3O3. The van der Waals surface area contributed by atoms with Gasteiger partial charge in [-0.25, -0.2) is 0 Å². The van der Waals surface area contributed by atoms with E-state index in [-0.39, 0.29) is 0 Å². The molecule has 0 unspecified atom stereocenters. The second-order valence-electron chi connectivity index (χ2n) is 4.47. The molecule has 6 nitrogen and oxygen atoms in total. The average Bonchev–Trinajstić information content (AvgIpc) is 2.72. The van der Waals surface area contributed by atoms with Gasteiger partial charge >= 0.3 is 5.97 Å². The molecule has 106 valence electrons. The molecule has 18 heavy (non-hydrogen) atoms. The van der Waals surface area contributed by atoms with E-state index >= 15 is 0 Å². The van der Waals surface area contributed by atoms with Crippen molar-refractivity contribution in [2.24, 2.45) is 5.73 Å². The van der Waals surface area contributed by atoms with Crippen molar-refractivity contribution in [3.05, 3.63) is 12.4 Å². The van der Waals surface area contributed by atoms with Gasteiger partial charge in [-0.15, -0.1) is 0 Å². The minimum absolute atomic E-state index is 0.979. The van der Waals surface area contributed by atoms with Crippen LogP contribution in [0, 0.1) is 0 Å². The summed E-state index contributed by atoms with van der Waals surface area (Å²) in [4.78, 5) is 14.4. The zero-order chi connectivity index (χ0) is 14.1. The molecule has 0 aliphatic carbocycles. The zero-order valence-corrected chi connectivity index (χ0v) is 11.4. The van der Waals surface area contributed by atoms with Gasteiger partial charge in [0.05, 0.1) is 12.8 Å². The van der Waals surface area contributed by atoms with Crippen LogP contribution in [-0.2, 0) is 4.79 Å². The molecule has 1 aliphatic heterocycles. The van der Waals surface area contributed by atoms with Crippen LogP contribution in [0.2, 0.25) is 0 Å². The minimum atomic E-state index is -1.18. The second-order valence-corrected chi connectivity index (χ2v) is 4.47. The van der Waals surface area contributed by atoms with Crippen molar-refractivity contribution >= 4 is 5.97 Å². The second kappa shape index (κ2) is 8.77. The Labute approximate surface area is 109 Å². The fourth-order valence-electron chi connectivity index (χ4n) is 1.30. The van der Waals surface area contributed by atoms with E-state index in [0.29, 0.717) is 0 Å². The van der Waals surface area contributed by atoms with Gasteiger partial charge in [0.1, 0.15) is 6.04 Å². The van der Waals surface area contributed by atoms with Crippen molar-refractivity contribution in [1.82, 2.24) is 9.80 Å². The fraction of sp³-hybridized carbons (Fsp3) is 0.750. The lowest BCUT2D eigenvalue weighted by molar-refractivity contribution is -0.140. The maximum Gasteiger partial charge on any atom is 0.323 e. The van der Waals surface area contributed by atoms with Crippen LogP contribution in [-0.4, -0.2) is 58.4 Å². The summed E-state index contributed by atoms with van der Waals surface area (Å²) in [6.07, 6.45) is 5.89. The molecule has 0 aromatic carbocycles. The van der Waals surface area contributed by atoms with E-state index in [0.717, 1.165) is 6.67 Å². The number of rotatable bonds is 5. The molecule has 0 fully saturated rings. The molecule has 0 spiro atoms. The minimum Gasteiger partial charge on any atom is -0.480 e. The molecule has 0 aromatic heterocycles. The molecule has 0 aromatic rings. The van der Waals surface area contributed by atoms with Gasteiger partial charge in [-0.3, -0.25) is 4.79 Å². The lowest BCUT2D eigenvalue weighted by atomic mass is 10.2. The van der Waals surface area contributed by atoms with Gasteiger partial charge in [0.2, 0.25) is 0 Å². The first-order valence-corrected chi connectivity index (χ1v) is 6.17. The van der Waals surface area contributed by atoms with Gasteiger partial charge in [-0.05, 0) is 13.3 Å². The van der Waals surface area contributed by atoms with Gasteiger partial charge < -0.3 is 25.7 Å². The number of aliphatic carboxylic acids is 1. The number of hydrogen-bond donors (Lipinski definition) is 3. The maximum absolute atomic E-state index is 9.86. The zero-order valence-electron chi connectivity index (χ0n) is 11.4. The first-order chi connectivity index (χ1) is 8.38. The van der Waals surface area contributed by atoms with Crippen molar-refractivity contribution in [3.8, 4) is 0 Å². The van der Waals surface area contributed by atoms with Crippen molar-refractivity contribution in [1.29, 1.82) is 0 Å². The van der Waals surface area contributed by atoms with Gasteiger partial charge in [-0.2, -0.15) is 0 Å². The van der Waals surface area contributed by atoms with Crippen molar-refractivity contribution in [2.75, 3.05) is 20.3 Å². The van der Waals surface area contributed by atoms with Gasteiger partial charge in [0, 0.05) is 26.0 Å². The van der Waals surface area contributed by atoms with E-state index in [9.17, 15) is 4.79 Å². The van der Waals surface area contributed by atoms with Crippen LogP contribution in [0.3, 0.4) is 0 Å². The molecule has 4 N–H and O–H groups in total. The van der Waals surface area contributed by atoms with Crippen LogP contribution in [0.25, 0.3) is 0 Å². The van der Waals surface area contributed by atoms with Crippen LogP contribution in [0.15, 0.2) is 12.4 Å². The van der Waals surface area contributed by atoms with E-state index in [1.54, 1.807) is 0 Å². The highest BCUT2D eigenvalue weighted by Crippen LogP contribution is 2.04. The summed E-state index contributed by atoms with van der Waals surface area (Å²) < 4.78 is 0. The summed E-state index contributed by atoms with van der Waals surface area (Å²) >= 11 is 0. The summed E-state index contributed by atoms with van der Waals surface area (Å²) in [5.74, 6) is -1.18. The highest BCUT2D eigenvalue weighted by Gasteiger charge is 2.16. The van der Waals surface area contributed by atoms with Crippen LogP contribution in [0.5, 0.6) is 0 Å². The first-order valence-electron chi connectivity index (χ1n) is 6.17. The molecule has 1 heterocycles. The Kier molecular flexibility index (Phi) is 8.15. The number of carboxylic acid groups (broad SMARTS) is 1. The van der Waals surface area contributed by atoms with Crippen molar-refractivity contribution < 1.29 is 15.0 Å². The van der Waals surface area contributed by atoms with Crippen molar-refractivity contribution in [2.45, 2.75) is 38.8 Å². The molecule has 1 rings (SSSR count). The fourth-order valence-corrected chi connectivity index (χ4v) is 1.30. The highest BCUT2D eigenvalue weighted by atomic mass is 16.4. The number of carboxylic acids is 1. The van der Waals surface area contributed by atoms with Gasteiger partial charge in [0.15, 0.2) is 0 Å². The summed E-state index contributed by atoms with van der Waals surface area (Å²) in [7, 11) is 2.10. The topological polar surface area (TPSA) is 90.0 Å². The van der Waals surface area contributed by atoms with E-state index in [2.05, 4.69) is 36.2 Å². The molecule has 0 bridgehead atoms. The predicted octanol–water partition coefficient (Wildman–Crippen LogP) is 0.242. The molecule has 0 saturated heterocycles. The van der Waals surface area contributed by atoms with Crippen LogP contribution in [0.1, 0.15) is 26.7 Å². The molecule has 0 saturated carbocycles. The standard InChI is InChI=1S/C8H16N2.C4H9NO3/c1-3-4-5-10-7-6-9(2)8-10;1-2(6)3(5)4(7)8/h6-7H,3-5,8H2,1-2H3;2-3,6H,5H2,1H3,(H,7,8)/t;2-,3+/m.1/s1. The number of nitrogens with zero attached hydrogens (tertiary/aromatic N) is 2. The normalized spacial score (nSPS) is 17.2. The molecular weight excluding hydrogens is 234 g/mol. The lowest BCUT2D eigenvalue weighted by Crippen LogP contribution is -2.39. The van der Waals surface area contributed by atoms with E-state index in [1.165, 1.54) is 26.3 Å². The number of unbranched alkanes of at least 4 members (excludes halogenated alkanes) is 1. The summed E-state index contributed by atoms with van der Waals surface area (Å²) in [5.41, 5.74) is 4.91. The number of carbonyl (C=O) groups is 1. The van der Waals surface area contributed by atoms with E-state index in [1.807, 2.05) is 0 Å². The molecule has 0 amide bonds. The third kappa shape index (κ3) is 7.13. The summed E-state index contributed by atoms with van der Waals surface area (Å²) in [5, 5.41) is 16.6. The lowest BCUT2D eigenvalue weighted by Gasteiger charge is -2.17. The third-order valence-electron chi connectivity index (χ3n) is 2.54. The quantitative estimate of drug-likeness (QED) is 0.655.